The molecule has 3 nitrogen and oxygen atoms in total. The second-order valence-corrected chi connectivity index (χ2v) is 5.23. The molecule has 0 spiro atoms. The van der Waals surface area contributed by atoms with Gasteiger partial charge in [-0.05, 0) is 36.4 Å². The summed E-state index contributed by atoms with van der Waals surface area (Å²) in [5, 5.41) is 5.42. The summed E-state index contributed by atoms with van der Waals surface area (Å²) in [5.74, 6) is 0.545. The molecule has 0 radical (unpaired) electrons. The lowest BCUT2D eigenvalue weighted by atomic mass is 10.1. The second-order valence-electron chi connectivity index (χ2n) is 4.82. The molecule has 0 aliphatic rings. The Morgan fingerprint density at radius 1 is 0.955 bits per heavy atom. The van der Waals surface area contributed by atoms with Crippen LogP contribution in [0.3, 0.4) is 0 Å². The quantitative estimate of drug-likeness (QED) is 0.757. The summed E-state index contributed by atoms with van der Waals surface area (Å²) in [4.78, 5) is 12.4. The van der Waals surface area contributed by atoms with E-state index in [0.29, 0.717) is 16.3 Å². The van der Waals surface area contributed by atoms with Gasteiger partial charge in [0.05, 0.1) is 7.11 Å². The molecular formula is C18H14ClNO2. The van der Waals surface area contributed by atoms with Crippen molar-refractivity contribution in [3.63, 3.8) is 0 Å². The van der Waals surface area contributed by atoms with E-state index in [1.165, 1.54) is 0 Å². The molecule has 22 heavy (non-hydrogen) atoms. The number of methoxy groups -OCH3 is 1. The first-order valence-corrected chi connectivity index (χ1v) is 7.19. The normalized spacial score (nSPS) is 10.5. The topological polar surface area (TPSA) is 38.3 Å². The van der Waals surface area contributed by atoms with Crippen LogP contribution in [0, 0.1) is 0 Å². The number of carbonyl (C=O) groups excluding carboxylic acids is 1. The Hall–Kier alpha value is -2.52. The van der Waals surface area contributed by atoms with Crippen LogP contribution < -0.4 is 10.1 Å². The molecule has 0 aromatic heterocycles. The van der Waals surface area contributed by atoms with Gasteiger partial charge < -0.3 is 10.1 Å². The van der Waals surface area contributed by atoms with Gasteiger partial charge in [-0.3, -0.25) is 4.79 Å². The highest BCUT2D eigenvalue weighted by molar-refractivity contribution is 6.36. The lowest BCUT2D eigenvalue weighted by molar-refractivity contribution is 0.102. The zero-order valence-corrected chi connectivity index (χ0v) is 12.7. The monoisotopic (exact) mass is 311 g/mol. The summed E-state index contributed by atoms with van der Waals surface area (Å²) < 4.78 is 5.09. The van der Waals surface area contributed by atoms with Gasteiger partial charge >= 0.3 is 0 Å². The standard InChI is InChI=1S/C18H14ClNO2/c1-22-13-8-6-12(7-9-13)18(21)20-17-11-10-16(19)14-4-2-3-5-15(14)17/h2-11H,1H3,(H,20,21). The first kappa shape index (κ1) is 14.4. The summed E-state index contributed by atoms with van der Waals surface area (Å²) in [7, 11) is 1.59. The number of hydrogen-bond donors (Lipinski definition) is 1. The maximum atomic E-state index is 12.4. The van der Waals surface area contributed by atoms with Crippen molar-refractivity contribution in [2.24, 2.45) is 0 Å². The number of benzene rings is 3. The van der Waals surface area contributed by atoms with Crippen molar-refractivity contribution in [3.8, 4) is 5.75 Å². The fourth-order valence-electron chi connectivity index (χ4n) is 2.31. The Labute approximate surface area is 133 Å². The van der Waals surface area contributed by atoms with Gasteiger partial charge in [0.2, 0.25) is 0 Å². The molecule has 1 N–H and O–H groups in total. The predicted molar refractivity (Wildman–Crippen MR) is 89.9 cm³/mol. The van der Waals surface area contributed by atoms with Gasteiger partial charge in [0, 0.05) is 27.0 Å². The fourth-order valence-corrected chi connectivity index (χ4v) is 2.54. The van der Waals surface area contributed by atoms with E-state index < -0.39 is 0 Å². The third-order valence-electron chi connectivity index (χ3n) is 3.47. The van der Waals surface area contributed by atoms with Gasteiger partial charge in [0.1, 0.15) is 5.75 Å². The molecule has 4 heteroatoms. The molecule has 0 aliphatic heterocycles. The minimum atomic E-state index is -0.171. The maximum absolute atomic E-state index is 12.4. The van der Waals surface area contributed by atoms with E-state index >= 15 is 0 Å². The van der Waals surface area contributed by atoms with E-state index in [1.807, 2.05) is 30.3 Å². The van der Waals surface area contributed by atoms with Crippen LogP contribution in [-0.4, -0.2) is 13.0 Å². The lowest BCUT2D eigenvalue weighted by Crippen LogP contribution is -2.12. The first-order valence-electron chi connectivity index (χ1n) is 6.81. The molecule has 1 amide bonds. The molecule has 0 fully saturated rings. The van der Waals surface area contributed by atoms with Crippen LogP contribution in [0.25, 0.3) is 10.8 Å². The van der Waals surface area contributed by atoms with Crippen molar-refractivity contribution in [1.82, 2.24) is 0 Å². The Bertz CT molecular complexity index is 828. The van der Waals surface area contributed by atoms with Crippen molar-refractivity contribution in [2.75, 3.05) is 12.4 Å². The van der Waals surface area contributed by atoms with Crippen LogP contribution in [0.15, 0.2) is 60.7 Å². The number of halogens is 1. The van der Waals surface area contributed by atoms with E-state index in [9.17, 15) is 4.79 Å². The lowest BCUT2D eigenvalue weighted by Gasteiger charge is -2.10. The van der Waals surface area contributed by atoms with E-state index in [1.54, 1.807) is 37.4 Å². The number of hydrogen-bond acceptors (Lipinski definition) is 2. The van der Waals surface area contributed by atoms with Crippen molar-refractivity contribution in [1.29, 1.82) is 0 Å². The van der Waals surface area contributed by atoms with Crippen LogP contribution in [0.1, 0.15) is 10.4 Å². The fraction of sp³-hybridized carbons (Fsp3) is 0.0556. The number of anilines is 1. The van der Waals surface area contributed by atoms with E-state index in [2.05, 4.69) is 5.32 Å². The number of nitrogens with one attached hydrogen (secondary N) is 1. The molecule has 0 heterocycles. The predicted octanol–water partition coefficient (Wildman–Crippen LogP) is 4.75. The Morgan fingerprint density at radius 2 is 1.64 bits per heavy atom. The summed E-state index contributed by atoms with van der Waals surface area (Å²) in [5.41, 5.74) is 1.31. The molecule has 0 unspecified atom stereocenters. The Balaban J connectivity index is 1.92. The van der Waals surface area contributed by atoms with Gasteiger partial charge in [-0.1, -0.05) is 35.9 Å². The number of carbonyl (C=O) groups is 1. The summed E-state index contributed by atoms with van der Waals surface area (Å²) in [6.45, 7) is 0. The van der Waals surface area contributed by atoms with Crippen LogP contribution in [0.5, 0.6) is 5.75 Å². The molecule has 0 atom stereocenters. The van der Waals surface area contributed by atoms with Crippen molar-refractivity contribution in [3.05, 3.63) is 71.2 Å². The third kappa shape index (κ3) is 2.76. The minimum Gasteiger partial charge on any atom is -0.497 e. The maximum Gasteiger partial charge on any atom is 0.255 e. The molecular weight excluding hydrogens is 298 g/mol. The van der Waals surface area contributed by atoms with Gasteiger partial charge in [-0.2, -0.15) is 0 Å². The van der Waals surface area contributed by atoms with Crippen LogP contribution in [-0.2, 0) is 0 Å². The van der Waals surface area contributed by atoms with Gasteiger partial charge in [-0.25, -0.2) is 0 Å². The number of rotatable bonds is 3. The number of ether oxygens (including phenoxy) is 1. The number of amides is 1. The molecule has 3 rings (SSSR count). The molecule has 0 bridgehead atoms. The van der Waals surface area contributed by atoms with Crippen molar-refractivity contribution >= 4 is 34.0 Å². The van der Waals surface area contributed by atoms with Crippen molar-refractivity contribution in [2.45, 2.75) is 0 Å². The minimum absolute atomic E-state index is 0.171. The average molecular weight is 312 g/mol. The highest BCUT2D eigenvalue weighted by Gasteiger charge is 2.09. The van der Waals surface area contributed by atoms with E-state index in [-0.39, 0.29) is 5.91 Å². The molecule has 0 saturated heterocycles. The Kier molecular flexibility index (Phi) is 3.98. The molecule has 110 valence electrons. The van der Waals surface area contributed by atoms with E-state index in [0.717, 1.165) is 16.5 Å². The summed E-state index contributed by atoms with van der Waals surface area (Å²) in [6, 6.07) is 18.3. The van der Waals surface area contributed by atoms with Gasteiger partial charge in [-0.15, -0.1) is 0 Å². The summed E-state index contributed by atoms with van der Waals surface area (Å²) >= 11 is 6.19. The zero-order valence-electron chi connectivity index (χ0n) is 12.0. The van der Waals surface area contributed by atoms with E-state index in [4.69, 9.17) is 16.3 Å². The number of fused-ring (bicyclic) bond motifs is 1. The average Bonchev–Trinajstić information content (AvgIpc) is 2.57. The highest BCUT2D eigenvalue weighted by atomic mass is 35.5. The highest BCUT2D eigenvalue weighted by Crippen LogP contribution is 2.30. The molecule has 3 aromatic rings. The molecule has 3 aromatic carbocycles. The third-order valence-corrected chi connectivity index (χ3v) is 3.80. The van der Waals surface area contributed by atoms with Crippen LogP contribution in [0.4, 0.5) is 5.69 Å². The largest absolute Gasteiger partial charge is 0.497 e. The first-order chi connectivity index (χ1) is 10.7. The second kappa shape index (κ2) is 6.08. The van der Waals surface area contributed by atoms with Crippen molar-refractivity contribution < 1.29 is 9.53 Å². The van der Waals surface area contributed by atoms with Crippen LogP contribution >= 0.6 is 11.6 Å². The van der Waals surface area contributed by atoms with Crippen LogP contribution in [0.2, 0.25) is 5.02 Å². The SMILES string of the molecule is COc1ccc(C(=O)Nc2ccc(Cl)c3ccccc23)cc1. The molecule has 0 aliphatic carbocycles. The smallest absolute Gasteiger partial charge is 0.255 e. The zero-order chi connectivity index (χ0) is 15.5. The van der Waals surface area contributed by atoms with Gasteiger partial charge in [0.25, 0.3) is 5.91 Å². The summed E-state index contributed by atoms with van der Waals surface area (Å²) in [6.07, 6.45) is 0. The molecule has 0 saturated carbocycles. The van der Waals surface area contributed by atoms with Gasteiger partial charge in [0.15, 0.2) is 0 Å². The Morgan fingerprint density at radius 3 is 2.32 bits per heavy atom.